The largest absolute Gasteiger partial charge is 0.237 e. The molecule has 0 saturated carbocycles. The lowest BCUT2D eigenvalue weighted by atomic mass is 9.87. The van der Waals surface area contributed by atoms with Crippen molar-refractivity contribution in [2.24, 2.45) is 0 Å². The van der Waals surface area contributed by atoms with E-state index >= 15 is 0 Å². The molecule has 2 heteroatoms. The summed E-state index contributed by atoms with van der Waals surface area (Å²) in [6, 6.07) is 48.4. The van der Waals surface area contributed by atoms with E-state index in [1.165, 1.54) is 65.3 Å². The van der Waals surface area contributed by atoms with E-state index < -0.39 is 0 Å². The first kappa shape index (κ1) is 23.1. The summed E-state index contributed by atoms with van der Waals surface area (Å²) in [6.45, 7) is 0. The maximum atomic E-state index is 4.64. The average Bonchev–Trinajstić information content (AvgIpc) is 3.06. The van der Waals surface area contributed by atoms with Crippen LogP contribution in [0.2, 0.25) is 0 Å². The zero-order valence-electron chi connectivity index (χ0n) is 22.8. The molecule has 0 fully saturated rings. The van der Waals surface area contributed by atoms with Crippen LogP contribution in [0.3, 0.4) is 0 Å². The zero-order valence-corrected chi connectivity index (χ0v) is 22.8. The molecule has 0 atom stereocenters. The van der Waals surface area contributed by atoms with Gasteiger partial charge in [0, 0.05) is 18.0 Å². The standard InChI is InChI=1S/C40H24N2/c1-3-11-33-31(9-1)37(32-10-2-4-12-34(32)39(33)40-41-23-6-24-42-40)28-15-13-25(14-16-28)30-21-19-29-18-17-26-7-5-8-27-20-22-35(30)38(29)36(26)27/h1-24H. The molecule has 1 aromatic heterocycles. The molecule has 0 spiro atoms. The number of fused-ring (bicyclic) bond motifs is 2. The summed E-state index contributed by atoms with van der Waals surface area (Å²) in [4.78, 5) is 9.28. The van der Waals surface area contributed by atoms with Crippen molar-refractivity contribution in [1.82, 2.24) is 9.97 Å². The van der Waals surface area contributed by atoms with E-state index in [4.69, 9.17) is 0 Å². The molecule has 0 aliphatic rings. The Hall–Kier alpha value is -5.60. The van der Waals surface area contributed by atoms with E-state index in [0.29, 0.717) is 0 Å². The molecule has 0 radical (unpaired) electrons. The summed E-state index contributed by atoms with van der Waals surface area (Å²) in [5, 5.41) is 12.6. The van der Waals surface area contributed by atoms with Crippen LogP contribution < -0.4 is 0 Å². The summed E-state index contributed by atoms with van der Waals surface area (Å²) in [5.74, 6) is 0.751. The van der Waals surface area contributed by atoms with E-state index in [2.05, 4.69) is 137 Å². The summed E-state index contributed by atoms with van der Waals surface area (Å²) >= 11 is 0. The van der Waals surface area contributed by atoms with Crippen LogP contribution in [-0.2, 0) is 0 Å². The van der Waals surface area contributed by atoms with E-state index in [1.807, 2.05) is 18.5 Å². The maximum absolute atomic E-state index is 4.64. The molecular formula is C40H24N2. The molecule has 0 unspecified atom stereocenters. The third-order valence-electron chi connectivity index (χ3n) is 8.73. The molecule has 9 rings (SSSR count). The third kappa shape index (κ3) is 3.33. The van der Waals surface area contributed by atoms with Gasteiger partial charge < -0.3 is 0 Å². The first-order chi connectivity index (χ1) is 20.8. The molecule has 9 aromatic rings. The quantitative estimate of drug-likeness (QED) is 0.167. The molecular weight excluding hydrogens is 508 g/mol. The van der Waals surface area contributed by atoms with Crippen LogP contribution in [0, 0.1) is 0 Å². The molecule has 0 aliphatic heterocycles. The number of aromatic nitrogens is 2. The highest BCUT2D eigenvalue weighted by Gasteiger charge is 2.18. The average molecular weight is 533 g/mol. The topological polar surface area (TPSA) is 25.8 Å². The van der Waals surface area contributed by atoms with E-state index in [1.54, 1.807) is 0 Å². The normalized spacial score (nSPS) is 11.8. The molecule has 0 saturated heterocycles. The van der Waals surface area contributed by atoms with Crippen LogP contribution in [-0.4, -0.2) is 9.97 Å². The van der Waals surface area contributed by atoms with Gasteiger partial charge in [0.2, 0.25) is 0 Å². The van der Waals surface area contributed by atoms with Gasteiger partial charge in [0.15, 0.2) is 5.82 Å². The predicted octanol–water partition coefficient (Wildman–Crippen LogP) is 10.7. The van der Waals surface area contributed by atoms with Gasteiger partial charge in [0.25, 0.3) is 0 Å². The number of hydrogen-bond donors (Lipinski definition) is 0. The highest BCUT2D eigenvalue weighted by molar-refractivity contribution is 6.25. The lowest BCUT2D eigenvalue weighted by Gasteiger charge is -2.17. The lowest BCUT2D eigenvalue weighted by Crippen LogP contribution is -1.94. The minimum atomic E-state index is 0.751. The van der Waals surface area contributed by atoms with Gasteiger partial charge in [-0.2, -0.15) is 0 Å². The number of hydrogen-bond acceptors (Lipinski definition) is 2. The predicted molar refractivity (Wildman–Crippen MR) is 177 cm³/mol. The van der Waals surface area contributed by atoms with Crippen molar-refractivity contribution in [2.45, 2.75) is 0 Å². The lowest BCUT2D eigenvalue weighted by molar-refractivity contribution is 1.18. The fourth-order valence-corrected chi connectivity index (χ4v) is 6.91. The molecule has 1 heterocycles. The SMILES string of the molecule is c1cnc(-c2c3ccccc3c(-c3ccc(-c4ccc5ccc6cccc7ccc4c5c67)cc3)c3ccccc23)nc1. The Balaban J connectivity index is 1.26. The molecule has 194 valence electrons. The Labute approximate surface area is 242 Å². The minimum absolute atomic E-state index is 0.751. The summed E-state index contributed by atoms with van der Waals surface area (Å²) in [6.07, 6.45) is 3.63. The van der Waals surface area contributed by atoms with Gasteiger partial charge >= 0.3 is 0 Å². The fourth-order valence-electron chi connectivity index (χ4n) is 6.91. The van der Waals surface area contributed by atoms with Gasteiger partial charge in [-0.05, 0) is 82.2 Å². The molecule has 0 amide bonds. The van der Waals surface area contributed by atoms with E-state index in [0.717, 1.165) is 22.2 Å². The maximum Gasteiger partial charge on any atom is 0.160 e. The van der Waals surface area contributed by atoms with Gasteiger partial charge in [-0.3, -0.25) is 0 Å². The van der Waals surface area contributed by atoms with Crippen molar-refractivity contribution >= 4 is 53.9 Å². The number of nitrogens with zero attached hydrogens (tertiary/aromatic N) is 2. The van der Waals surface area contributed by atoms with E-state index in [9.17, 15) is 0 Å². The van der Waals surface area contributed by atoms with Gasteiger partial charge in [0.1, 0.15) is 0 Å². The first-order valence-electron chi connectivity index (χ1n) is 14.3. The second kappa shape index (κ2) is 8.95. The second-order valence-corrected chi connectivity index (χ2v) is 11.0. The monoisotopic (exact) mass is 532 g/mol. The molecule has 0 aliphatic carbocycles. The Morgan fingerprint density at radius 3 is 1.50 bits per heavy atom. The second-order valence-electron chi connectivity index (χ2n) is 11.0. The van der Waals surface area contributed by atoms with Gasteiger partial charge in [0.05, 0.1) is 0 Å². The first-order valence-corrected chi connectivity index (χ1v) is 14.3. The zero-order chi connectivity index (χ0) is 27.6. The summed E-state index contributed by atoms with van der Waals surface area (Å²) in [5.41, 5.74) is 6.00. The highest BCUT2D eigenvalue weighted by Crippen LogP contribution is 2.44. The van der Waals surface area contributed by atoms with E-state index in [-0.39, 0.29) is 0 Å². The molecule has 0 N–H and O–H groups in total. The Morgan fingerprint density at radius 1 is 0.333 bits per heavy atom. The van der Waals surface area contributed by atoms with Crippen LogP contribution in [0.5, 0.6) is 0 Å². The van der Waals surface area contributed by atoms with Gasteiger partial charge in [-0.15, -0.1) is 0 Å². The fraction of sp³-hybridized carbons (Fsp3) is 0. The number of benzene rings is 8. The van der Waals surface area contributed by atoms with Crippen LogP contribution >= 0.6 is 0 Å². The molecule has 0 bridgehead atoms. The Kier molecular flexibility index (Phi) is 4.93. The summed E-state index contributed by atoms with van der Waals surface area (Å²) in [7, 11) is 0. The molecule has 42 heavy (non-hydrogen) atoms. The van der Waals surface area contributed by atoms with Crippen molar-refractivity contribution in [1.29, 1.82) is 0 Å². The van der Waals surface area contributed by atoms with Gasteiger partial charge in [-0.25, -0.2) is 9.97 Å². The van der Waals surface area contributed by atoms with Crippen molar-refractivity contribution in [3.63, 3.8) is 0 Å². The summed E-state index contributed by atoms with van der Waals surface area (Å²) < 4.78 is 0. The van der Waals surface area contributed by atoms with Crippen LogP contribution in [0.4, 0.5) is 0 Å². The smallest absolute Gasteiger partial charge is 0.160 e. The van der Waals surface area contributed by atoms with Gasteiger partial charge in [-0.1, -0.05) is 127 Å². The number of rotatable bonds is 3. The van der Waals surface area contributed by atoms with Crippen LogP contribution in [0.1, 0.15) is 0 Å². The molecule has 2 nitrogen and oxygen atoms in total. The Morgan fingerprint density at radius 2 is 0.857 bits per heavy atom. The highest BCUT2D eigenvalue weighted by atomic mass is 14.9. The van der Waals surface area contributed by atoms with Crippen LogP contribution in [0.25, 0.3) is 87.5 Å². The third-order valence-corrected chi connectivity index (χ3v) is 8.73. The van der Waals surface area contributed by atoms with Crippen molar-refractivity contribution < 1.29 is 0 Å². The van der Waals surface area contributed by atoms with Crippen molar-refractivity contribution in [3.05, 3.63) is 146 Å². The molecule has 8 aromatic carbocycles. The minimum Gasteiger partial charge on any atom is -0.237 e. The Bertz CT molecular complexity index is 2370. The van der Waals surface area contributed by atoms with Crippen LogP contribution in [0.15, 0.2) is 146 Å². The van der Waals surface area contributed by atoms with Crippen molar-refractivity contribution in [2.75, 3.05) is 0 Å². The van der Waals surface area contributed by atoms with Crippen molar-refractivity contribution in [3.8, 4) is 33.6 Å².